The minimum atomic E-state index is -1.22. The molecule has 0 aromatic heterocycles. The van der Waals surface area contributed by atoms with Gasteiger partial charge in [0.25, 0.3) is 5.91 Å². The molecule has 0 aromatic carbocycles. The van der Waals surface area contributed by atoms with E-state index in [1.165, 1.54) is 0 Å². The number of carbonyl (C=O) groups is 4. The normalized spacial score (nSPS) is 15.5. The fraction of sp³-hybridized carbons (Fsp3) is 0.714. The van der Waals surface area contributed by atoms with Gasteiger partial charge in [-0.3, -0.25) is 9.59 Å². The van der Waals surface area contributed by atoms with Crippen LogP contribution in [0.2, 0.25) is 0 Å². The van der Waals surface area contributed by atoms with Crippen molar-refractivity contribution in [3.05, 3.63) is 0 Å². The number of nitrogens with zero attached hydrogens (tertiary/aromatic N) is 1. The van der Waals surface area contributed by atoms with Crippen LogP contribution in [0.5, 0.6) is 0 Å². The second-order valence-electron chi connectivity index (χ2n) is 6.11. The van der Waals surface area contributed by atoms with Crippen LogP contribution in [0.4, 0.5) is 4.79 Å². The monoisotopic (exact) mass is 329 g/mol. The molecule has 0 aromatic rings. The van der Waals surface area contributed by atoms with Gasteiger partial charge in [0.05, 0.1) is 7.11 Å². The quantitative estimate of drug-likeness (QED) is 0.394. The molecule has 0 atom stereocenters. The maximum atomic E-state index is 12.5. The highest BCUT2D eigenvalue weighted by atomic mass is 16.6. The third kappa shape index (κ3) is 5.85. The average molecular weight is 329 g/mol. The van der Waals surface area contributed by atoms with Gasteiger partial charge in [0.2, 0.25) is 0 Å². The highest BCUT2D eigenvalue weighted by molar-refractivity contribution is 6.32. The summed E-state index contributed by atoms with van der Waals surface area (Å²) in [7, 11) is 1.02. The Kier molecular flexibility index (Phi) is 6.49. The molecule has 2 N–H and O–H groups in total. The van der Waals surface area contributed by atoms with Crippen LogP contribution in [0.25, 0.3) is 0 Å². The minimum Gasteiger partial charge on any atom is -0.462 e. The van der Waals surface area contributed by atoms with Gasteiger partial charge < -0.3 is 14.8 Å². The molecule has 1 rings (SSSR count). The number of ether oxygens (including phenoxy) is 2. The van der Waals surface area contributed by atoms with Crippen molar-refractivity contribution in [2.75, 3.05) is 20.2 Å². The molecule has 0 unspecified atom stereocenters. The van der Waals surface area contributed by atoms with Crippen molar-refractivity contribution < 1.29 is 28.7 Å². The maximum absolute atomic E-state index is 12.5. The number of imide groups is 1. The van der Waals surface area contributed by atoms with E-state index in [-0.39, 0.29) is 0 Å². The van der Waals surface area contributed by atoms with E-state index in [2.05, 4.69) is 10.1 Å². The molecule has 0 bridgehead atoms. The lowest BCUT2D eigenvalue weighted by Gasteiger charge is -2.29. The van der Waals surface area contributed by atoms with Crippen molar-refractivity contribution in [2.45, 2.75) is 39.2 Å². The van der Waals surface area contributed by atoms with Gasteiger partial charge in [-0.05, 0) is 46.7 Å². The van der Waals surface area contributed by atoms with E-state index in [1.54, 1.807) is 20.8 Å². The Morgan fingerprint density at radius 1 is 1.13 bits per heavy atom. The van der Waals surface area contributed by atoms with E-state index in [0.29, 0.717) is 30.9 Å². The van der Waals surface area contributed by atoms with Crippen molar-refractivity contribution >= 4 is 23.9 Å². The molecule has 1 fully saturated rings. The molecule has 130 valence electrons. The molecule has 0 aliphatic carbocycles. The summed E-state index contributed by atoms with van der Waals surface area (Å²) in [5.74, 6) is -3.49. The van der Waals surface area contributed by atoms with Crippen molar-refractivity contribution in [3.63, 3.8) is 0 Å². The van der Waals surface area contributed by atoms with Crippen LogP contribution in [0, 0.1) is 5.92 Å². The number of carbonyl (C=O) groups excluding carboxylic acids is 4. The minimum absolute atomic E-state index is 0.443. The zero-order valence-electron chi connectivity index (χ0n) is 13.8. The highest BCUT2D eigenvalue weighted by Gasteiger charge is 2.35. The summed E-state index contributed by atoms with van der Waals surface area (Å²) >= 11 is 0. The first-order valence-electron chi connectivity index (χ1n) is 7.32. The highest BCUT2D eigenvalue weighted by Crippen LogP contribution is 2.17. The second-order valence-corrected chi connectivity index (χ2v) is 6.11. The molecular formula is C14H23N3O6. The zero-order valence-corrected chi connectivity index (χ0v) is 13.8. The summed E-state index contributed by atoms with van der Waals surface area (Å²) in [5, 5.41) is 3.55. The number of nitrogens with one attached hydrogen (secondary N) is 2. The molecule has 9 nitrogen and oxygen atoms in total. The summed E-state index contributed by atoms with van der Waals surface area (Å²) in [4.78, 5) is 47.6. The Balaban J connectivity index is 2.90. The molecule has 1 aliphatic rings. The lowest BCUT2D eigenvalue weighted by Crippen LogP contribution is -2.55. The maximum Gasteiger partial charge on any atom is 0.436 e. The van der Waals surface area contributed by atoms with Crippen molar-refractivity contribution in [2.24, 2.45) is 5.92 Å². The predicted octanol–water partition coefficient (Wildman–Crippen LogP) is -0.0461. The van der Waals surface area contributed by atoms with Gasteiger partial charge >= 0.3 is 18.0 Å². The van der Waals surface area contributed by atoms with Crippen LogP contribution < -0.4 is 10.7 Å². The van der Waals surface area contributed by atoms with Crippen LogP contribution in [0.15, 0.2) is 0 Å². The molecule has 1 saturated heterocycles. The van der Waals surface area contributed by atoms with E-state index in [9.17, 15) is 19.2 Å². The molecular weight excluding hydrogens is 306 g/mol. The van der Waals surface area contributed by atoms with Crippen LogP contribution in [-0.4, -0.2) is 54.7 Å². The van der Waals surface area contributed by atoms with Gasteiger partial charge in [0.1, 0.15) is 5.60 Å². The Hall–Kier alpha value is -2.16. The Bertz CT molecular complexity index is 479. The topological polar surface area (TPSA) is 114 Å². The summed E-state index contributed by atoms with van der Waals surface area (Å²) in [6.45, 7) is 6.13. The fourth-order valence-corrected chi connectivity index (χ4v) is 1.99. The van der Waals surface area contributed by atoms with Crippen LogP contribution in [-0.2, 0) is 23.9 Å². The molecule has 0 saturated carbocycles. The Labute approximate surface area is 134 Å². The number of rotatable bonds is 1. The van der Waals surface area contributed by atoms with Crippen molar-refractivity contribution in [3.8, 4) is 0 Å². The average Bonchev–Trinajstić information content (AvgIpc) is 2.49. The number of methoxy groups -OCH3 is 1. The predicted molar refractivity (Wildman–Crippen MR) is 78.8 cm³/mol. The molecule has 1 heterocycles. The van der Waals surface area contributed by atoms with Crippen LogP contribution >= 0.6 is 0 Å². The summed E-state index contributed by atoms with van der Waals surface area (Å²) in [6, 6.07) is 0. The smallest absolute Gasteiger partial charge is 0.436 e. The number of hydrogen-bond acceptors (Lipinski definition) is 7. The molecule has 3 amide bonds. The summed E-state index contributed by atoms with van der Waals surface area (Å²) in [6.07, 6.45) is -0.00312. The third-order valence-electron chi connectivity index (χ3n) is 3.07. The van der Waals surface area contributed by atoms with Gasteiger partial charge in [0, 0.05) is 5.92 Å². The van der Waals surface area contributed by atoms with E-state index < -0.39 is 35.4 Å². The van der Waals surface area contributed by atoms with Gasteiger partial charge in [-0.2, -0.15) is 5.01 Å². The van der Waals surface area contributed by atoms with Gasteiger partial charge in [0.15, 0.2) is 0 Å². The molecule has 9 heteroatoms. The Morgan fingerprint density at radius 2 is 1.70 bits per heavy atom. The second kappa shape index (κ2) is 7.91. The first-order chi connectivity index (χ1) is 10.7. The van der Waals surface area contributed by atoms with Gasteiger partial charge in [-0.15, -0.1) is 0 Å². The van der Waals surface area contributed by atoms with Crippen LogP contribution in [0.1, 0.15) is 33.6 Å². The number of piperidine rings is 1. The number of esters is 1. The van der Waals surface area contributed by atoms with E-state index in [4.69, 9.17) is 4.74 Å². The molecule has 23 heavy (non-hydrogen) atoms. The summed E-state index contributed by atoms with van der Waals surface area (Å²) < 4.78 is 9.38. The van der Waals surface area contributed by atoms with E-state index in [1.807, 2.05) is 5.43 Å². The SMILES string of the molecule is COC(=O)C(=O)NN(C(=O)OC(C)(C)C)C(=O)C1CCNCC1. The molecule has 1 aliphatic heterocycles. The first kappa shape index (κ1) is 18.9. The standard InChI is InChI=1S/C14H23N3O6/c1-14(2,3)23-13(21)17(16-10(18)12(20)22-4)11(19)9-5-7-15-8-6-9/h9,15H,5-8H2,1-4H3,(H,16,18). The van der Waals surface area contributed by atoms with E-state index in [0.717, 1.165) is 7.11 Å². The third-order valence-corrected chi connectivity index (χ3v) is 3.07. The fourth-order valence-electron chi connectivity index (χ4n) is 1.99. The number of amides is 3. The van der Waals surface area contributed by atoms with E-state index >= 15 is 0 Å². The van der Waals surface area contributed by atoms with Crippen LogP contribution in [0.3, 0.4) is 0 Å². The lowest BCUT2D eigenvalue weighted by molar-refractivity contribution is -0.157. The van der Waals surface area contributed by atoms with Gasteiger partial charge in [-0.1, -0.05) is 0 Å². The first-order valence-corrected chi connectivity index (χ1v) is 7.32. The largest absolute Gasteiger partial charge is 0.462 e. The lowest BCUT2D eigenvalue weighted by atomic mass is 9.97. The van der Waals surface area contributed by atoms with Crippen molar-refractivity contribution in [1.82, 2.24) is 15.8 Å². The molecule has 0 spiro atoms. The number of hydrogen-bond donors (Lipinski definition) is 2. The van der Waals surface area contributed by atoms with Crippen molar-refractivity contribution in [1.29, 1.82) is 0 Å². The zero-order chi connectivity index (χ0) is 17.6. The summed E-state index contributed by atoms with van der Waals surface area (Å²) in [5.41, 5.74) is 1.10. The Morgan fingerprint density at radius 3 is 2.17 bits per heavy atom. The number of hydrazine groups is 1. The van der Waals surface area contributed by atoms with Gasteiger partial charge in [-0.25, -0.2) is 15.0 Å². The molecule has 0 radical (unpaired) electrons.